The molecule has 2 atom stereocenters. The van der Waals surface area contributed by atoms with Crippen LogP contribution in [0.5, 0.6) is 0 Å². The van der Waals surface area contributed by atoms with Gasteiger partial charge in [0.25, 0.3) is 0 Å². The van der Waals surface area contributed by atoms with Gasteiger partial charge in [0.2, 0.25) is 11.8 Å². The number of hydrogen-bond acceptors (Lipinski definition) is 6. The first-order chi connectivity index (χ1) is 23.4. The number of benzene rings is 2. The number of likely N-dealkylation sites (tertiary alicyclic amines) is 2. The van der Waals surface area contributed by atoms with Crippen LogP contribution in [-0.2, 0) is 16.0 Å². The Kier molecular flexibility index (Phi) is 9.68. The van der Waals surface area contributed by atoms with Crippen LogP contribution in [0, 0.1) is 12.8 Å². The van der Waals surface area contributed by atoms with Gasteiger partial charge in [0.1, 0.15) is 0 Å². The second-order valence-electron chi connectivity index (χ2n) is 14.3. The number of nitrogens with zero attached hydrogens (tertiary/aromatic N) is 5. The Labute approximate surface area is 283 Å². The molecular formula is C37H50N8O3. The third kappa shape index (κ3) is 6.80. The van der Waals surface area contributed by atoms with Crippen molar-refractivity contribution in [3.8, 4) is 0 Å². The number of carbonyl (C=O) groups excluding carboxylic acids is 3. The van der Waals surface area contributed by atoms with Crippen LogP contribution in [0.1, 0.15) is 61.6 Å². The largest absolute Gasteiger partial charge is 0.343 e. The molecule has 4 amide bonds. The molecule has 3 aromatic rings. The van der Waals surface area contributed by atoms with Gasteiger partial charge in [-0.1, -0.05) is 31.2 Å². The molecule has 11 heteroatoms. The molecule has 0 saturated carbocycles. The average Bonchev–Trinajstić information content (AvgIpc) is 3.54. The molecule has 0 radical (unpaired) electrons. The number of anilines is 1. The number of fused-ring (bicyclic) bond motifs is 2. The van der Waals surface area contributed by atoms with E-state index in [4.69, 9.17) is 0 Å². The van der Waals surface area contributed by atoms with Crippen LogP contribution in [0.15, 0.2) is 42.6 Å². The van der Waals surface area contributed by atoms with Crippen LogP contribution >= 0.6 is 0 Å². The molecule has 5 heterocycles. The lowest BCUT2D eigenvalue weighted by atomic mass is 9.82. The summed E-state index contributed by atoms with van der Waals surface area (Å²) >= 11 is 0. The van der Waals surface area contributed by atoms with Gasteiger partial charge in [0, 0.05) is 88.5 Å². The van der Waals surface area contributed by atoms with Crippen molar-refractivity contribution >= 4 is 34.4 Å². The van der Waals surface area contributed by atoms with Crippen molar-refractivity contribution in [1.82, 2.24) is 35.1 Å². The molecule has 3 saturated heterocycles. The van der Waals surface area contributed by atoms with E-state index in [1.54, 1.807) is 0 Å². The number of nitrogens with one attached hydrogen (secondary N) is 3. The van der Waals surface area contributed by atoms with Crippen LogP contribution < -0.4 is 10.6 Å². The first-order valence-electron chi connectivity index (χ1n) is 18.0. The predicted molar refractivity (Wildman–Crippen MR) is 187 cm³/mol. The lowest BCUT2D eigenvalue weighted by molar-refractivity contribution is -0.143. The van der Waals surface area contributed by atoms with E-state index in [9.17, 15) is 14.4 Å². The van der Waals surface area contributed by atoms with Crippen LogP contribution in [-0.4, -0.2) is 119 Å². The van der Waals surface area contributed by atoms with Crippen molar-refractivity contribution in [1.29, 1.82) is 0 Å². The van der Waals surface area contributed by atoms with Crippen molar-refractivity contribution in [2.24, 2.45) is 5.92 Å². The van der Waals surface area contributed by atoms with E-state index in [2.05, 4.69) is 57.8 Å². The Morgan fingerprint density at radius 3 is 2.40 bits per heavy atom. The van der Waals surface area contributed by atoms with Gasteiger partial charge >= 0.3 is 6.03 Å². The lowest BCUT2D eigenvalue weighted by Gasteiger charge is -2.42. The third-order valence-electron chi connectivity index (χ3n) is 11.5. The van der Waals surface area contributed by atoms with Crippen molar-refractivity contribution in [3.05, 3.63) is 59.3 Å². The number of para-hydroxylation sites is 1. The fraction of sp³-hybridized carbons (Fsp3) is 0.568. The highest BCUT2D eigenvalue weighted by atomic mass is 16.2. The average molecular weight is 655 g/mol. The summed E-state index contributed by atoms with van der Waals surface area (Å²) in [5.74, 6) is -0.464. The van der Waals surface area contributed by atoms with E-state index in [-0.39, 0.29) is 36.2 Å². The number of urea groups is 1. The molecule has 3 fully saturated rings. The quantitative estimate of drug-likeness (QED) is 0.355. The van der Waals surface area contributed by atoms with E-state index < -0.39 is 5.92 Å². The summed E-state index contributed by atoms with van der Waals surface area (Å²) in [6.07, 6.45) is 6.25. The van der Waals surface area contributed by atoms with E-state index in [0.29, 0.717) is 25.7 Å². The number of aryl methyl sites for hydroxylation is 1. The first-order valence-corrected chi connectivity index (χ1v) is 18.0. The Hall–Kier alpha value is -3.96. The number of hydrogen-bond donors (Lipinski definition) is 3. The van der Waals surface area contributed by atoms with Gasteiger partial charge in [-0.3, -0.25) is 19.6 Å². The zero-order chi connectivity index (χ0) is 33.2. The van der Waals surface area contributed by atoms with Gasteiger partial charge in [-0.25, -0.2) is 4.79 Å². The number of amides is 4. The van der Waals surface area contributed by atoms with Crippen molar-refractivity contribution in [2.75, 3.05) is 64.2 Å². The molecule has 48 heavy (non-hydrogen) atoms. The van der Waals surface area contributed by atoms with Crippen LogP contribution in [0.4, 0.5) is 10.5 Å². The fourth-order valence-corrected chi connectivity index (χ4v) is 8.45. The maximum absolute atomic E-state index is 14.4. The number of H-pyrrole nitrogens is 1. The zero-order valence-corrected chi connectivity index (χ0v) is 28.4. The summed E-state index contributed by atoms with van der Waals surface area (Å²) in [4.78, 5) is 50.0. The summed E-state index contributed by atoms with van der Waals surface area (Å²) in [6, 6.07) is 12.8. The van der Waals surface area contributed by atoms with Crippen LogP contribution in [0.2, 0.25) is 0 Å². The molecule has 1 aromatic heterocycles. The number of aromatic amines is 1. The summed E-state index contributed by atoms with van der Waals surface area (Å²) < 4.78 is 0. The normalized spacial score (nSPS) is 21.5. The molecule has 0 bridgehead atoms. The summed E-state index contributed by atoms with van der Waals surface area (Å²) in [7, 11) is 0. The number of rotatable bonds is 7. The molecule has 4 aliphatic heterocycles. The van der Waals surface area contributed by atoms with Gasteiger partial charge in [-0.2, -0.15) is 5.10 Å². The second kappa shape index (κ2) is 14.3. The molecule has 0 aliphatic carbocycles. The topological polar surface area (TPSA) is 117 Å². The summed E-state index contributed by atoms with van der Waals surface area (Å²) in [6.45, 7) is 11.7. The van der Waals surface area contributed by atoms with E-state index >= 15 is 0 Å². The second-order valence-corrected chi connectivity index (χ2v) is 14.3. The van der Waals surface area contributed by atoms with Crippen molar-refractivity contribution in [2.45, 2.75) is 70.4 Å². The zero-order valence-electron chi connectivity index (χ0n) is 28.4. The molecule has 4 aliphatic rings. The molecule has 2 unspecified atom stereocenters. The predicted octanol–water partition coefficient (Wildman–Crippen LogP) is 3.96. The van der Waals surface area contributed by atoms with Crippen molar-refractivity contribution < 1.29 is 14.4 Å². The Morgan fingerprint density at radius 2 is 1.62 bits per heavy atom. The molecule has 3 N–H and O–H groups in total. The molecular weight excluding hydrogens is 604 g/mol. The van der Waals surface area contributed by atoms with Crippen LogP contribution in [0.25, 0.3) is 10.9 Å². The molecule has 11 nitrogen and oxygen atoms in total. The fourth-order valence-electron chi connectivity index (χ4n) is 8.45. The number of carbonyl (C=O) groups is 3. The number of piperidine rings is 2. The maximum atomic E-state index is 14.4. The summed E-state index contributed by atoms with van der Waals surface area (Å²) in [5, 5.41) is 14.9. The third-order valence-corrected chi connectivity index (χ3v) is 11.5. The molecule has 7 rings (SSSR count). The molecule has 2 aromatic carbocycles. The SMILES string of the molecule is Cc1cc(C(C)C(CC(=O)N2CCC(N3CCc4ccccc4NC3=O)CC2)C(=O)N2CCC(N3CCNCC3)CC2)cc2cn[nH]c12. The first kappa shape index (κ1) is 32.6. The highest BCUT2D eigenvalue weighted by Crippen LogP contribution is 2.34. The highest BCUT2D eigenvalue weighted by molar-refractivity contribution is 5.91. The number of piperazine rings is 1. The van der Waals surface area contributed by atoms with Gasteiger partial charge in [0.05, 0.1) is 17.6 Å². The minimum atomic E-state index is -0.454. The standard InChI is InChI=1S/C37H50N8O3/c1-25-21-28(22-29-24-39-41-35(25)29)26(2)32(36(47)44-16-8-30(9-17-44)42-19-12-38-13-20-42)23-34(46)43-14-10-31(11-15-43)45-18-7-27-5-3-4-6-33(27)40-37(45)48/h3-6,21-22,24,26,30-32,38H,7-20,23H2,1-2H3,(H,39,41)(H,40,48). The molecule has 0 spiro atoms. The number of aromatic nitrogens is 2. The monoisotopic (exact) mass is 654 g/mol. The van der Waals surface area contributed by atoms with Gasteiger partial charge in [0.15, 0.2) is 0 Å². The Morgan fingerprint density at radius 1 is 0.917 bits per heavy atom. The maximum Gasteiger partial charge on any atom is 0.322 e. The van der Waals surface area contributed by atoms with Gasteiger partial charge < -0.3 is 25.3 Å². The molecule has 256 valence electrons. The van der Waals surface area contributed by atoms with Crippen LogP contribution in [0.3, 0.4) is 0 Å². The van der Waals surface area contributed by atoms with Gasteiger partial charge in [-0.15, -0.1) is 0 Å². The van der Waals surface area contributed by atoms with E-state index in [0.717, 1.165) is 105 Å². The highest BCUT2D eigenvalue weighted by Gasteiger charge is 2.38. The Balaban J connectivity index is 1.02. The minimum absolute atomic E-state index is 0.0307. The Bertz CT molecular complexity index is 1620. The smallest absolute Gasteiger partial charge is 0.322 e. The van der Waals surface area contributed by atoms with E-state index in [1.807, 2.05) is 39.1 Å². The minimum Gasteiger partial charge on any atom is -0.343 e. The van der Waals surface area contributed by atoms with E-state index in [1.165, 1.54) is 0 Å². The lowest BCUT2D eigenvalue weighted by Crippen LogP contribution is -2.53. The summed E-state index contributed by atoms with van der Waals surface area (Å²) in [5.41, 5.74) is 5.20. The van der Waals surface area contributed by atoms with Gasteiger partial charge in [-0.05, 0) is 73.8 Å². The van der Waals surface area contributed by atoms with Crippen molar-refractivity contribution in [3.63, 3.8) is 0 Å².